The summed E-state index contributed by atoms with van der Waals surface area (Å²) >= 11 is 13.6. The second-order valence-corrected chi connectivity index (χ2v) is 5.22. The Morgan fingerprint density at radius 3 is 2.65 bits per heavy atom. The normalized spacial score (nSPS) is 10.5. The summed E-state index contributed by atoms with van der Waals surface area (Å²) < 4.78 is 5.70. The SMILES string of the molecule is NCc1c(Cl)cccc1OCc1sccc1Cl. The molecule has 0 aliphatic heterocycles. The number of nitrogens with two attached hydrogens (primary N) is 1. The minimum Gasteiger partial charge on any atom is -0.488 e. The van der Waals surface area contributed by atoms with E-state index in [1.165, 1.54) is 0 Å². The lowest BCUT2D eigenvalue weighted by Crippen LogP contribution is -2.03. The van der Waals surface area contributed by atoms with Crippen LogP contribution in [0.25, 0.3) is 0 Å². The van der Waals surface area contributed by atoms with Crippen molar-refractivity contribution in [3.05, 3.63) is 50.1 Å². The Bertz CT molecular complexity index is 513. The highest BCUT2D eigenvalue weighted by Gasteiger charge is 2.08. The number of thiophene rings is 1. The molecule has 2 aromatic rings. The van der Waals surface area contributed by atoms with E-state index < -0.39 is 0 Å². The Hall–Kier alpha value is -0.740. The van der Waals surface area contributed by atoms with Gasteiger partial charge >= 0.3 is 0 Å². The number of hydrogen-bond acceptors (Lipinski definition) is 3. The van der Waals surface area contributed by atoms with E-state index in [0.717, 1.165) is 15.5 Å². The van der Waals surface area contributed by atoms with Crippen LogP contribution in [0.3, 0.4) is 0 Å². The van der Waals surface area contributed by atoms with E-state index in [2.05, 4.69) is 0 Å². The van der Waals surface area contributed by atoms with Gasteiger partial charge in [-0.15, -0.1) is 11.3 Å². The third kappa shape index (κ3) is 2.93. The molecule has 17 heavy (non-hydrogen) atoms. The summed E-state index contributed by atoms with van der Waals surface area (Å²) in [5.41, 5.74) is 6.46. The van der Waals surface area contributed by atoms with Gasteiger partial charge in [0.2, 0.25) is 0 Å². The first-order chi connectivity index (χ1) is 8.22. The lowest BCUT2D eigenvalue weighted by atomic mass is 10.2. The first-order valence-electron chi connectivity index (χ1n) is 5.04. The van der Waals surface area contributed by atoms with Crippen molar-refractivity contribution in [1.82, 2.24) is 0 Å². The molecule has 0 aliphatic rings. The van der Waals surface area contributed by atoms with Crippen LogP contribution < -0.4 is 10.5 Å². The van der Waals surface area contributed by atoms with Crippen LogP contribution in [0.4, 0.5) is 0 Å². The van der Waals surface area contributed by atoms with Gasteiger partial charge in [0.15, 0.2) is 0 Å². The number of hydrogen-bond donors (Lipinski definition) is 1. The maximum atomic E-state index is 6.04. The zero-order valence-electron chi connectivity index (χ0n) is 8.95. The highest BCUT2D eigenvalue weighted by molar-refractivity contribution is 7.10. The minimum absolute atomic E-state index is 0.354. The number of benzene rings is 1. The Morgan fingerprint density at radius 1 is 1.18 bits per heavy atom. The van der Waals surface area contributed by atoms with Crippen LogP contribution in [0.5, 0.6) is 5.75 Å². The van der Waals surface area contributed by atoms with Crippen LogP contribution in [0.1, 0.15) is 10.4 Å². The second kappa shape index (κ2) is 5.74. The number of rotatable bonds is 4. The molecule has 90 valence electrons. The zero-order chi connectivity index (χ0) is 12.3. The van der Waals surface area contributed by atoms with Crippen molar-refractivity contribution in [2.75, 3.05) is 0 Å². The smallest absolute Gasteiger partial charge is 0.125 e. The van der Waals surface area contributed by atoms with Gasteiger partial charge in [-0.2, -0.15) is 0 Å². The summed E-state index contributed by atoms with van der Waals surface area (Å²) in [4.78, 5) is 0.995. The van der Waals surface area contributed by atoms with E-state index in [9.17, 15) is 0 Å². The molecule has 5 heteroatoms. The third-order valence-corrected chi connectivity index (χ3v) is 4.04. The summed E-state index contributed by atoms with van der Waals surface area (Å²) in [5.74, 6) is 0.712. The molecule has 1 aromatic carbocycles. The van der Waals surface area contributed by atoms with Gasteiger partial charge in [-0.1, -0.05) is 29.3 Å². The van der Waals surface area contributed by atoms with Crippen molar-refractivity contribution in [1.29, 1.82) is 0 Å². The molecule has 0 saturated carbocycles. The third-order valence-electron chi connectivity index (χ3n) is 2.33. The first-order valence-corrected chi connectivity index (χ1v) is 6.68. The molecule has 0 amide bonds. The molecule has 2 nitrogen and oxygen atoms in total. The molecule has 0 fully saturated rings. The molecule has 2 N–H and O–H groups in total. The predicted octanol–water partition coefficient (Wildman–Crippen LogP) is 4.09. The molecule has 2 rings (SSSR count). The monoisotopic (exact) mass is 287 g/mol. The van der Waals surface area contributed by atoms with E-state index in [1.54, 1.807) is 17.4 Å². The van der Waals surface area contributed by atoms with Crippen molar-refractivity contribution in [2.24, 2.45) is 5.73 Å². The average Bonchev–Trinajstić information content (AvgIpc) is 2.72. The van der Waals surface area contributed by atoms with Crippen molar-refractivity contribution in [2.45, 2.75) is 13.2 Å². The largest absolute Gasteiger partial charge is 0.488 e. The maximum absolute atomic E-state index is 6.04. The standard InChI is InChI=1S/C12H11Cl2NOS/c13-9-2-1-3-11(8(9)6-15)16-7-12-10(14)4-5-17-12/h1-5H,6-7,15H2. The molecule has 0 radical (unpaired) electrons. The van der Waals surface area contributed by atoms with Gasteiger partial charge in [-0.05, 0) is 23.6 Å². The molecule has 0 aliphatic carbocycles. The van der Waals surface area contributed by atoms with Gasteiger partial charge in [0, 0.05) is 17.1 Å². The molecule has 1 heterocycles. The topological polar surface area (TPSA) is 35.2 Å². The highest BCUT2D eigenvalue weighted by Crippen LogP contribution is 2.28. The summed E-state index contributed by atoms with van der Waals surface area (Å²) in [7, 11) is 0. The minimum atomic E-state index is 0.354. The molecule has 1 aromatic heterocycles. The first kappa shape index (κ1) is 12.7. The Balaban J connectivity index is 2.14. The van der Waals surface area contributed by atoms with Gasteiger partial charge < -0.3 is 10.5 Å². The lowest BCUT2D eigenvalue weighted by Gasteiger charge is -2.11. The van der Waals surface area contributed by atoms with Crippen LogP contribution >= 0.6 is 34.5 Å². The van der Waals surface area contributed by atoms with E-state index in [1.807, 2.05) is 23.6 Å². The fraction of sp³-hybridized carbons (Fsp3) is 0.167. The molecule has 0 atom stereocenters. The van der Waals surface area contributed by atoms with Crippen LogP contribution in [-0.2, 0) is 13.2 Å². The molecule has 0 bridgehead atoms. The predicted molar refractivity (Wildman–Crippen MR) is 73.0 cm³/mol. The molecule has 0 unspecified atom stereocenters. The molecular formula is C12H11Cl2NOS. The van der Waals surface area contributed by atoms with Crippen molar-refractivity contribution in [3.8, 4) is 5.75 Å². The maximum Gasteiger partial charge on any atom is 0.125 e. The summed E-state index contributed by atoms with van der Waals surface area (Å²) in [5, 5.41) is 3.29. The van der Waals surface area contributed by atoms with Gasteiger partial charge in [0.05, 0.1) is 9.90 Å². The summed E-state index contributed by atoms with van der Waals surface area (Å²) in [6.07, 6.45) is 0. The van der Waals surface area contributed by atoms with Gasteiger partial charge in [-0.3, -0.25) is 0 Å². The highest BCUT2D eigenvalue weighted by atomic mass is 35.5. The van der Waals surface area contributed by atoms with Crippen LogP contribution in [-0.4, -0.2) is 0 Å². The summed E-state index contributed by atoms with van der Waals surface area (Å²) in [6, 6.07) is 7.35. The molecular weight excluding hydrogens is 277 g/mol. The van der Waals surface area contributed by atoms with Crippen LogP contribution in [0.2, 0.25) is 10.0 Å². The van der Waals surface area contributed by atoms with Crippen LogP contribution in [0, 0.1) is 0 Å². The van der Waals surface area contributed by atoms with E-state index in [4.69, 9.17) is 33.7 Å². The average molecular weight is 288 g/mol. The molecule has 0 spiro atoms. The fourth-order valence-electron chi connectivity index (χ4n) is 1.44. The number of halogens is 2. The Kier molecular flexibility index (Phi) is 4.29. The van der Waals surface area contributed by atoms with Crippen LogP contribution in [0.15, 0.2) is 29.6 Å². The van der Waals surface area contributed by atoms with Crippen molar-refractivity contribution >= 4 is 34.5 Å². The number of ether oxygens (including phenoxy) is 1. The Morgan fingerprint density at radius 2 is 2.00 bits per heavy atom. The van der Waals surface area contributed by atoms with Crippen molar-refractivity contribution < 1.29 is 4.74 Å². The second-order valence-electron chi connectivity index (χ2n) is 3.40. The molecule has 0 saturated heterocycles. The Labute approximate surface area is 114 Å². The van der Waals surface area contributed by atoms with Gasteiger partial charge in [0.25, 0.3) is 0 Å². The quantitative estimate of drug-likeness (QED) is 0.919. The van der Waals surface area contributed by atoms with Crippen molar-refractivity contribution in [3.63, 3.8) is 0 Å². The lowest BCUT2D eigenvalue weighted by molar-refractivity contribution is 0.306. The van der Waals surface area contributed by atoms with Gasteiger partial charge in [-0.25, -0.2) is 0 Å². The van der Waals surface area contributed by atoms with E-state index in [0.29, 0.717) is 23.9 Å². The zero-order valence-corrected chi connectivity index (χ0v) is 11.3. The van der Waals surface area contributed by atoms with E-state index in [-0.39, 0.29) is 0 Å². The fourth-order valence-corrected chi connectivity index (χ4v) is 2.69. The summed E-state index contributed by atoms with van der Waals surface area (Å²) in [6.45, 7) is 0.789. The van der Waals surface area contributed by atoms with E-state index >= 15 is 0 Å². The van der Waals surface area contributed by atoms with Gasteiger partial charge in [0.1, 0.15) is 12.4 Å².